The van der Waals surface area contributed by atoms with Gasteiger partial charge in [-0.25, -0.2) is 4.68 Å². The maximum absolute atomic E-state index is 12.2. The van der Waals surface area contributed by atoms with E-state index in [9.17, 15) is 4.79 Å². The number of aromatic nitrogens is 3. The van der Waals surface area contributed by atoms with E-state index in [0.29, 0.717) is 22.9 Å². The average molecular weight is 294 g/mol. The molecular formula is C13H16ClN5O. The highest BCUT2D eigenvalue weighted by atomic mass is 35.5. The van der Waals surface area contributed by atoms with E-state index in [2.05, 4.69) is 15.6 Å². The van der Waals surface area contributed by atoms with Gasteiger partial charge in [-0.3, -0.25) is 4.79 Å². The fourth-order valence-corrected chi connectivity index (χ4v) is 2.02. The summed E-state index contributed by atoms with van der Waals surface area (Å²) in [4.78, 5) is 12.2. The van der Waals surface area contributed by atoms with Crippen LogP contribution in [0.25, 0.3) is 0 Å². The number of hydrogen-bond donors (Lipinski definition) is 2. The van der Waals surface area contributed by atoms with E-state index >= 15 is 0 Å². The number of benzene rings is 1. The first kappa shape index (κ1) is 14.5. The molecule has 0 saturated heterocycles. The largest absolute Gasteiger partial charge is 0.325 e. The Balaban J connectivity index is 2.17. The second-order valence-corrected chi connectivity index (χ2v) is 4.82. The van der Waals surface area contributed by atoms with Crippen molar-refractivity contribution < 1.29 is 4.79 Å². The highest BCUT2D eigenvalue weighted by Crippen LogP contribution is 2.22. The van der Waals surface area contributed by atoms with Crippen LogP contribution in [0.1, 0.15) is 24.4 Å². The zero-order valence-electron chi connectivity index (χ0n) is 11.3. The number of halogens is 1. The zero-order chi connectivity index (χ0) is 14.7. The van der Waals surface area contributed by atoms with E-state index in [4.69, 9.17) is 17.3 Å². The number of para-hydroxylation sites is 1. The number of anilines is 1. The Morgan fingerprint density at radius 2 is 2.20 bits per heavy atom. The van der Waals surface area contributed by atoms with Crippen molar-refractivity contribution in [2.75, 3.05) is 5.32 Å². The lowest BCUT2D eigenvalue weighted by molar-refractivity contribution is -0.119. The molecule has 0 fully saturated rings. The predicted molar refractivity (Wildman–Crippen MR) is 77.4 cm³/mol. The normalized spacial score (nSPS) is 12.2. The number of nitrogens with two attached hydrogens (primary N) is 1. The third-order valence-corrected chi connectivity index (χ3v) is 3.42. The highest BCUT2D eigenvalue weighted by Gasteiger charge is 2.20. The third kappa shape index (κ3) is 2.81. The first-order chi connectivity index (χ1) is 9.54. The lowest BCUT2D eigenvalue weighted by atomic mass is 10.2. The van der Waals surface area contributed by atoms with Gasteiger partial charge >= 0.3 is 0 Å². The molecule has 6 nitrogen and oxygen atoms in total. The molecule has 1 aromatic carbocycles. The van der Waals surface area contributed by atoms with Crippen molar-refractivity contribution in [1.82, 2.24) is 15.0 Å². The van der Waals surface area contributed by atoms with Crippen LogP contribution in [-0.4, -0.2) is 20.9 Å². The molecule has 0 radical (unpaired) electrons. The van der Waals surface area contributed by atoms with Gasteiger partial charge < -0.3 is 11.1 Å². The second-order valence-electron chi connectivity index (χ2n) is 4.42. The van der Waals surface area contributed by atoms with Crippen molar-refractivity contribution in [2.24, 2.45) is 5.73 Å². The van der Waals surface area contributed by atoms with Crippen molar-refractivity contribution in [3.8, 4) is 0 Å². The summed E-state index contributed by atoms with van der Waals surface area (Å²) in [6, 6.07) is 6.57. The van der Waals surface area contributed by atoms with Crippen LogP contribution in [0.5, 0.6) is 0 Å². The van der Waals surface area contributed by atoms with Crippen LogP contribution in [0.15, 0.2) is 24.3 Å². The Morgan fingerprint density at radius 1 is 1.50 bits per heavy atom. The number of rotatable bonds is 4. The number of hydrogen-bond acceptors (Lipinski definition) is 4. The standard InChI is InChI=1S/C13H16ClN5O/c1-8-12(7-15)17-18-19(8)9(2)13(20)16-11-6-4-3-5-10(11)14/h3-6,9H,7,15H2,1-2H3,(H,16,20). The molecule has 0 spiro atoms. The lowest BCUT2D eigenvalue weighted by Gasteiger charge is -2.14. The van der Waals surface area contributed by atoms with Crippen molar-refractivity contribution in [1.29, 1.82) is 0 Å². The van der Waals surface area contributed by atoms with Crippen molar-refractivity contribution >= 4 is 23.2 Å². The van der Waals surface area contributed by atoms with E-state index in [1.165, 1.54) is 0 Å². The molecule has 1 atom stereocenters. The van der Waals surface area contributed by atoms with Gasteiger partial charge in [0.15, 0.2) is 0 Å². The molecule has 0 aliphatic heterocycles. The fraction of sp³-hybridized carbons (Fsp3) is 0.308. The van der Waals surface area contributed by atoms with Crippen molar-refractivity contribution in [3.63, 3.8) is 0 Å². The molecule has 1 amide bonds. The second kappa shape index (κ2) is 6.02. The van der Waals surface area contributed by atoms with Gasteiger partial charge in [-0.2, -0.15) is 0 Å². The Morgan fingerprint density at radius 3 is 2.80 bits per heavy atom. The number of carbonyl (C=O) groups excluding carboxylic acids is 1. The van der Waals surface area contributed by atoms with Crippen molar-refractivity contribution in [3.05, 3.63) is 40.7 Å². The van der Waals surface area contributed by atoms with Crippen LogP contribution in [-0.2, 0) is 11.3 Å². The molecule has 0 aliphatic rings. The number of nitrogens with zero attached hydrogens (tertiary/aromatic N) is 3. The quantitative estimate of drug-likeness (QED) is 0.901. The molecule has 1 aromatic heterocycles. The molecule has 106 valence electrons. The number of carbonyl (C=O) groups is 1. The molecule has 0 bridgehead atoms. The van der Waals surface area contributed by atoms with Crippen LogP contribution < -0.4 is 11.1 Å². The van der Waals surface area contributed by atoms with Crippen LogP contribution in [0.2, 0.25) is 5.02 Å². The Labute approximate surface area is 121 Å². The van der Waals surface area contributed by atoms with Gasteiger partial charge in [0.25, 0.3) is 0 Å². The summed E-state index contributed by atoms with van der Waals surface area (Å²) in [6.07, 6.45) is 0. The molecule has 2 rings (SSSR count). The van der Waals surface area contributed by atoms with Gasteiger partial charge in [-0.05, 0) is 26.0 Å². The Bertz CT molecular complexity index is 625. The van der Waals surface area contributed by atoms with Crippen LogP contribution in [0.4, 0.5) is 5.69 Å². The summed E-state index contributed by atoms with van der Waals surface area (Å²) in [5.74, 6) is -0.213. The topological polar surface area (TPSA) is 85.8 Å². The number of amides is 1. The molecule has 20 heavy (non-hydrogen) atoms. The summed E-state index contributed by atoms with van der Waals surface area (Å²) in [6.45, 7) is 3.88. The van der Waals surface area contributed by atoms with Gasteiger partial charge in [-0.15, -0.1) is 5.10 Å². The fourth-order valence-electron chi connectivity index (χ4n) is 1.84. The molecular weight excluding hydrogens is 278 g/mol. The zero-order valence-corrected chi connectivity index (χ0v) is 12.1. The molecule has 0 saturated carbocycles. The van der Waals surface area contributed by atoms with Gasteiger partial charge in [-0.1, -0.05) is 28.9 Å². The SMILES string of the molecule is Cc1c(CN)nnn1C(C)C(=O)Nc1ccccc1Cl. The van der Waals surface area contributed by atoms with Gasteiger partial charge in [0.2, 0.25) is 5.91 Å². The van der Waals surface area contributed by atoms with Crippen LogP contribution in [0, 0.1) is 6.92 Å². The first-order valence-electron chi connectivity index (χ1n) is 6.20. The minimum absolute atomic E-state index is 0.213. The molecule has 1 unspecified atom stereocenters. The monoisotopic (exact) mass is 293 g/mol. The minimum Gasteiger partial charge on any atom is -0.325 e. The smallest absolute Gasteiger partial charge is 0.249 e. The van der Waals surface area contributed by atoms with Crippen LogP contribution in [0.3, 0.4) is 0 Å². The third-order valence-electron chi connectivity index (χ3n) is 3.09. The summed E-state index contributed by atoms with van der Waals surface area (Å²) in [5.41, 5.74) is 7.59. The Hall–Kier alpha value is -1.92. The van der Waals surface area contributed by atoms with Crippen molar-refractivity contribution in [2.45, 2.75) is 26.4 Å². The van der Waals surface area contributed by atoms with Crippen LogP contribution >= 0.6 is 11.6 Å². The maximum atomic E-state index is 12.2. The van der Waals surface area contributed by atoms with E-state index in [1.54, 1.807) is 35.9 Å². The van der Waals surface area contributed by atoms with Gasteiger partial charge in [0, 0.05) is 6.54 Å². The lowest BCUT2D eigenvalue weighted by Crippen LogP contribution is -2.25. The van der Waals surface area contributed by atoms with E-state index in [0.717, 1.165) is 5.69 Å². The molecule has 7 heteroatoms. The average Bonchev–Trinajstić information content (AvgIpc) is 2.81. The summed E-state index contributed by atoms with van der Waals surface area (Å²) in [7, 11) is 0. The molecule has 3 N–H and O–H groups in total. The number of nitrogens with one attached hydrogen (secondary N) is 1. The molecule has 2 aromatic rings. The summed E-state index contributed by atoms with van der Waals surface area (Å²) >= 11 is 6.01. The molecule has 0 aliphatic carbocycles. The first-order valence-corrected chi connectivity index (χ1v) is 6.58. The van der Waals surface area contributed by atoms with Gasteiger partial charge in [0.05, 0.1) is 22.1 Å². The minimum atomic E-state index is -0.501. The van der Waals surface area contributed by atoms with E-state index in [-0.39, 0.29) is 5.91 Å². The predicted octanol–water partition coefficient (Wildman–Crippen LogP) is 1.90. The van der Waals surface area contributed by atoms with Gasteiger partial charge in [0.1, 0.15) is 6.04 Å². The summed E-state index contributed by atoms with van der Waals surface area (Å²) in [5, 5.41) is 11.2. The van der Waals surface area contributed by atoms with E-state index in [1.807, 2.05) is 6.92 Å². The Kier molecular flexibility index (Phi) is 4.36. The highest BCUT2D eigenvalue weighted by molar-refractivity contribution is 6.33. The maximum Gasteiger partial charge on any atom is 0.249 e. The summed E-state index contributed by atoms with van der Waals surface area (Å²) < 4.78 is 1.55. The molecule has 1 heterocycles. The van der Waals surface area contributed by atoms with E-state index < -0.39 is 6.04 Å².